The lowest BCUT2D eigenvalue weighted by atomic mass is 10.1. The van der Waals surface area contributed by atoms with Gasteiger partial charge < -0.3 is 4.74 Å². The van der Waals surface area contributed by atoms with Crippen LogP contribution < -0.4 is 0 Å². The number of nitriles is 5. The van der Waals surface area contributed by atoms with Gasteiger partial charge in [0, 0.05) is 42.1 Å². The Kier molecular flexibility index (Phi) is 23.5. The van der Waals surface area contributed by atoms with Gasteiger partial charge in [0.15, 0.2) is 30.5 Å². The number of H-pyrrole nitrogens is 3. The Balaban J connectivity index is 0.000000185. The highest BCUT2D eigenvalue weighted by Gasteiger charge is 2.17. The van der Waals surface area contributed by atoms with Crippen molar-refractivity contribution in [2.24, 2.45) is 7.05 Å². The van der Waals surface area contributed by atoms with Crippen LogP contribution in [0.5, 0.6) is 0 Å². The number of carbonyl (C=O) groups is 4. The number of aldehydes is 3. The van der Waals surface area contributed by atoms with E-state index in [1.165, 1.54) is 68.0 Å². The Morgan fingerprint density at radius 3 is 1.56 bits per heavy atom. The molecule has 0 aliphatic carbocycles. The Labute approximate surface area is 497 Å². The minimum absolute atomic E-state index is 0.0335. The van der Waals surface area contributed by atoms with E-state index in [0.29, 0.717) is 50.5 Å². The number of carbonyl (C=O) groups excluding carboxylic acids is 4. The van der Waals surface area contributed by atoms with Crippen molar-refractivity contribution < 1.29 is 67.8 Å². The van der Waals surface area contributed by atoms with Gasteiger partial charge in [0.25, 0.3) is 0 Å². The molecule has 4 aromatic heterocycles. The molecule has 0 bridgehead atoms. The molecule has 11 aromatic rings. The average Bonchev–Trinajstić information content (AvgIpc) is 3.64. The van der Waals surface area contributed by atoms with Crippen molar-refractivity contribution in [3.05, 3.63) is 221 Å². The van der Waals surface area contributed by atoms with Crippen LogP contribution in [0.4, 0.5) is 43.9 Å². The number of nitrogens with zero attached hydrogens (tertiary/aromatic N) is 10. The van der Waals surface area contributed by atoms with Crippen molar-refractivity contribution in [3.8, 4) is 30.3 Å². The number of hydrogen-bond donors (Lipinski definition) is 3. The van der Waals surface area contributed by atoms with Crippen LogP contribution in [-0.2, 0) is 11.8 Å². The normalized spacial score (nSPS) is 9.85. The number of esters is 1. The second kappa shape index (κ2) is 30.8. The summed E-state index contributed by atoms with van der Waals surface area (Å²) >= 11 is 6.06. The maximum absolute atomic E-state index is 13.6. The molecule has 0 aliphatic heterocycles. The summed E-state index contributed by atoms with van der Waals surface area (Å²) in [6.07, 6.45) is 4.86. The van der Waals surface area contributed by atoms with Crippen molar-refractivity contribution >= 4 is 100 Å². The third-order valence-electron chi connectivity index (χ3n) is 11.2. The van der Waals surface area contributed by atoms with Crippen LogP contribution in [0.1, 0.15) is 69.2 Å². The first-order chi connectivity index (χ1) is 41.5. The molecule has 0 saturated carbocycles. The number of hydrogen-bond acceptors (Lipinski definition) is 14. The van der Waals surface area contributed by atoms with Crippen molar-refractivity contribution in [3.63, 3.8) is 0 Å². The Morgan fingerprint density at radius 1 is 0.506 bits per heavy atom. The van der Waals surface area contributed by atoms with Gasteiger partial charge in [-0.1, -0.05) is 0 Å². The van der Waals surface area contributed by atoms with Gasteiger partial charge >= 0.3 is 5.97 Å². The summed E-state index contributed by atoms with van der Waals surface area (Å²) in [6.45, 7) is 0. The van der Waals surface area contributed by atoms with Crippen LogP contribution in [0.2, 0.25) is 0 Å². The van der Waals surface area contributed by atoms with Gasteiger partial charge in [-0.25, -0.2) is 48.7 Å². The SMILES string of the molecule is COC(=O)c1ccc2[nH]ncc2c1F.Cn1nc(Br)c2cc(C#N)c(F)cc21.N#Cc1cc(C=O)c(F)cc1F.N#Cc1cc2cn[nH]c2cc1F.N#Cc1ccc(F)c(C=O)c1F.N#Cc1ccc2[nH]ncc2c1F.O=Cc1cc(Br)c(F)cc1F. The molecular formula is C57H29Br2F10N13O5. The molecule has 30 heteroatoms. The van der Waals surface area contributed by atoms with E-state index in [-0.39, 0.29) is 66.9 Å². The molecule has 0 amide bonds. The van der Waals surface area contributed by atoms with Crippen molar-refractivity contribution in [1.82, 2.24) is 40.4 Å². The lowest BCUT2D eigenvalue weighted by Crippen LogP contribution is -2.04. The quantitative estimate of drug-likeness (QED) is 0.0639. The van der Waals surface area contributed by atoms with E-state index in [1.807, 2.05) is 0 Å². The number of halogens is 12. The summed E-state index contributed by atoms with van der Waals surface area (Å²) in [4.78, 5) is 41.5. The number of ether oxygens (including phenoxy) is 1. The fraction of sp³-hybridized carbons (Fsp3) is 0.0351. The summed E-state index contributed by atoms with van der Waals surface area (Å²) in [5, 5.41) is 67.3. The van der Waals surface area contributed by atoms with Gasteiger partial charge in [0.1, 0.15) is 81.5 Å². The van der Waals surface area contributed by atoms with Gasteiger partial charge in [-0.15, -0.1) is 0 Å². The first kappa shape index (κ1) is 66.4. The number of benzene rings is 7. The van der Waals surface area contributed by atoms with E-state index >= 15 is 0 Å². The number of fused-ring (bicyclic) bond motifs is 4. The maximum Gasteiger partial charge on any atom is 0.340 e. The zero-order valence-electron chi connectivity index (χ0n) is 43.6. The molecule has 87 heavy (non-hydrogen) atoms. The van der Waals surface area contributed by atoms with Crippen molar-refractivity contribution in [1.29, 1.82) is 26.3 Å². The molecule has 436 valence electrons. The highest BCUT2D eigenvalue weighted by Crippen LogP contribution is 2.26. The Hall–Kier alpha value is -11.4. The van der Waals surface area contributed by atoms with Crippen LogP contribution in [0.3, 0.4) is 0 Å². The largest absolute Gasteiger partial charge is 0.465 e. The van der Waals surface area contributed by atoms with E-state index in [2.05, 4.69) is 72.3 Å². The van der Waals surface area contributed by atoms with Gasteiger partial charge in [0.2, 0.25) is 0 Å². The summed E-state index contributed by atoms with van der Waals surface area (Å²) in [6, 6.07) is 24.8. The first-order valence-corrected chi connectivity index (χ1v) is 24.9. The predicted molar refractivity (Wildman–Crippen MR) is 294 cm³/mol. The fourth-order valence-electron chi connectivity index (χ4n) is 6.83. The minimum atomic E-state index is -1.10. The summed E-state index contributed by atoms with van der Waals surface area (Å²) in [5.41, 5.74) is 0.624. The minimum Gasteiger partial charge on any atom is -0.465 e. The zero-order chi connectivity index (χ0) is 64.2. The number of nitrogens with one attached hydrogen (secondary N) is 3. The third kappa shape index (κ3) is 16.2. The summed E-state index contributed by atoms with van der Waals surface area (Å²) in [7, 11) is 2.93. The number of aromatic amines is 3. The van der Waals surface area contributed by atoms with Gasteiger partial charge in [0.05, 0.1) is 113 Å². The molecule has 4 heterocycles. The molecule has 0 aliphatic rings. The first-order valence-electron chi connectivity index (χ1n) is 23.3. The molecule has 0 unspecified atom stereocenters. The smallest absolute Gasteiger partial charge is 0.340 e. The second-order valence-corrected chi connectivity index (χ2v) is 18.0. The molecule has 0 atom stereocenters. The molecule has 18 nitrogen and oxygen atoms in total. The highest BCUT2D eigenvalue weighted by atomic mass is 79.9. The maximum atomic E-state index is 13.6. The number of aryl methyl sites for hydroxylation is 1. The molecule has 0 spiro atoms. The lowest BCUT2D eigenvalue weighted by Gasteiger charge is -2.00. The van der Waals surface area contributed by atoms with E-state index in [0.717, 1.165) is 35.0 Å². The Bertz CT molecular complexity index is 4630. The topological polar surface area (TPSA) is 300 Å². The van der Waals surface area contributed by atoms with Gasteiger partial charge in [-0.05, 0) is 92.5 Å². The molecule has 0 fully saturated rings. The molecule has 0 saturated heterocycles. The molecular weight excluding hydrogens is 1300 g/mol. The molecule has 0 radical (unpaired) electrons. The standard InChI is InChI=1S/C9H5BrFN3.C9H7FN2O2.2C8H3F2NO.2C8H4FN3.C7H3BrF2O/c1-14-8-3-7(11)5(4-12)2-6(8)9(10)13-14;1-14-9(13)5-2-3-7-6(8(5)10)4-11-12-7;9-7-2-8(10)6(4-12)1-5(7)3-11;9-7-2-1-5(3-11)8(10)6(7)4-12;9-7-2-8-6(4-11-12-8)1-5(7)3-10;9-8-5(3-10)1-2-7-6(8)4-11-12-7;8-5-1-4(3-11)6(9)2-7(5)10/h2-3H,1H3;2-4H,1H3,(H,11,12);2*1-2,4H;2*1-2,4H,(H,11,12);1-3H. The van der Waals surface area contributed by atoms with Gasteiger partial charge in [-0.2, -0.15) is 46.7 Å². The molecule has 7 aromatic carbocycles. The second-order valence-electron chi connectivity index (χ2n) is 16.4. The number of aromatic nitrogens is 8. The number of rotatable bonds is 4. The van der Waals surface area contributed by atoms with Crippen LogP contribution in [0, 0.1) is 115 Å². The highest BCUT2D eigenvalue weighted by molar-refractivity contribution is 9.10. The zero-order valence-corrected chi connectivity index (χ0v) is 46.8. The third-order valence-corrected chi connectivity index (χ3v) is 12.4. The van der Waals surface area contributed by atoms with E-state index in [9.17, 15) is 63.1 Å². The summed E-state index contributed by atoms with van der Waals surface area (Å²) in [5.74, 6) is -8.38. The van der Waals surface area contributed by atoms with Crippen molar-refractivity contribution in [2.45, 2.75) is 0 Å². The molecule has 3 N–H and O–H groups in total. The van der Waals surface area contributed by atoms with Gasteiger partial charge in [-0.3, -0.25) is 34.4 Å². The van der Waals surface area contributed by atoms with Crippen LogP contribution in [0.25, 0.3) is 43.6 Å². The summed E-state index contributed by atoms with van der Waals surface area (Å²) < 4.78 is 135. The fourth-order valence-corrected chi connectivity index (χ4v) is 7.74. The average molecular weight is 1330 g/mol. The number of methoxy groups -OCH3 is 1. The molecule has 11 rings (SSSR count). The van der Waals surface area contributed by atoms with Crippen LogP contribution in [-0.4, -0.2) is 72.3 Å². The predicted octanol–water partition coefficient (Wildman–Crippen LogP) is 12.8. The van der Waals surface area contributed by atoms with E-state index in [1.54, 1.807) is 48.3 Å². The van der Waals surface area contributed by atoms with E-state index < -0.39 is 69.7 Å². The lowest BCUT2D eigenvalue weighted by molar-refractivity contribution is 0.0595. The Morgan fingerprint density at radius 2 is 0.989 bits per heavy atom. The van der Waals surface area contributed by atoms with Crippen molar-refractivity contribution in [2.75, 3.05) is 7.11 Å². The van der Waals surface area contributed by atoms with Crippen LogP contribution >= 0.6 is 31.9 Å². The van der Waals surface area contributed by atoms with E-state index in [4.69, 9.17) is 26.3 Å². The monoisotopic (exact) mass is 1320 g/mol. The van der Waals surface area contributed by atoms with Crippen LogP contribution in [0.15, 0.2) is 113 Å².